The summed E-state index contributed by atoms with van der Waals surface area (Å²) in [5.74, 6) is 0. The normalized spacial score (nSPS) is 21.4. The van der Waals surface area contributed by atoms with E-state index >= 15 is 0 Å². The fraction of sp³-hybridized carbons (Fsp3) is 0.500. The number of nitrogens with one attached hydrogen (secondary N) is 1. The maximum atomic E-state index is 6.18. The molecule has 1 saturated heterocycles. The molecule has 1 aromatic carbocycles. The van der Waals surface area contributed by atoms with Gasteiger partial charge in [0.1, 0.15) is 0 Å². The van der Waals surface area contributed by atoms with E-state index in [0.717, 1.165) is 18.0 Å². The first kappa shape index (κ1) is 10.0. The number of aryl methyl sites for hydroxylation is 1. The molecule has 1 aromatic rings. The standard InChI is InChI=1S/C12H16ClN/c1-9-4-5-10(12(13)7-9)8-11-3-2-6-14-11/h4-5,7,11,14H,2-3,6,8H2,1H3. The van der Waals surface area contributed by atoms with Crippen molar-refractivity contribution in [3.05, 3.63) is 34.3 Å². The summed E-state index contributed by atoms with van der Waals surface area (Å²) in [7, 11) is 0. The highest BCUT2D eigenvalue weighted by Crippen LogP contribution is 2.21. The van der Waals surface area contributed by atoms with Crippen LogP contribution in [0.4, 0.5) is 0 Å². The van der Waals surface area contributed by atoms with Crippen molar-refractivity contribution in [2.45, 2.75) is 32.2 Å². The second-order valence-corrected chi connectivity index (χ2v) is 4.50. The van der Waals surface area contributed by atoms with Crippen molar-refractivity contribution in [3.8, 4) is 0 Å². The third-order valence-electron chi connectivity index (χ3n) is 2.84. The van der Waals surface area contributed by atoms with E-state index in [2.05, 4.69) is 24.4 Å². The molecule has 14 heavy (non-hydrogen) atoms. The van der Waals surface area contributed by atoms with Crippen molar-refractivity contribution in [3.63, 3.8) is 0 Å². The third kappa shape index (κ3) is 2.28. The molecule has 1 N–H and O–H groups in total. The van der Waals surface area contributed by atoms with Gasteiger partial charge in [-0.1, -0.05) is 23.7 Å². The Hall–Kier alpha value is -0.530. The van der Waals surface area contributed by atoms with E-state index in [-0.39, 0.29) is 0 Å². The van der Waals surface area contributed by atoms with E-state index in [1.165, 1.54) is 24.0 Å². The third-order valence-corrected chi connectivity index (χ3v) is 3.19. The van der Waals surface area contributed by atoms with Crippen LogP contribution in [0, 0.1) is 6.92 Å². The Morgan fingerprint density at radius 1 is 1.50 bits per heavy atom. The second kappa shape index (κ2) is 4.33. The average molecular weight is 210 g/mol. The van der Waals surface area contributed by atoms with Crippen molar-refractivity contribution in [1.29, 1.82) is 0 Å². The highest BCUT2D eigenvalue weighted by Gasteiger charge is 2.15. The summed E-state index contributed by atoms with van der Waals surface area (Å²) in [5.41, 5.74) is 2.51. The molecule has 0 amide bonds. The predicted octanol–water partition coefficient (Wildman–Crippen LogP) is 2.94. The topological polar surface area (TPSA) is 12.0 Å². The van der Waals surface area contributed by atoms with Crippen LogP contribution in [0.1, 0.15) is 24.0 Å². The minimum atomic E-state index is 0.634. The Morgan fingerprint density at radius 2 is 2.36 bits per heavy atom. The van der Waals surface area contributed by atoms with Gasteiger partial charge >= 0.3 is 0 Å². The van der Waals surface area contributed by atoms with Crippen molar-refractivity contribution in [1.82, 2.24) is 5.32 Å². The van der Waals surface area contributed by atoms with Crippen LogP contribution in [-0.2, 0) is 6.42 Å². The zero-order chi connectivity index (χ0) is 9.97. The van der Waals surface area contributed by atoms with Crippen LogP contribution in [-0.4, -0.2) is 12.6 Å². The van der Waals surface area contributed by atoms with Gasteiger partial charge in [-0.05, 0) is 49.9 Å². The van der Waals surface area contributed by atoms with E-state index < -0.39 is 0 Å². The monoisotopic (exact) mass is 209 g/mol. The van der Waals surface area contributed by atoms with Gasteiger partial charge in [-0.15, -0.1) is 0 Å². The lowest BCUT2D eigenvalue weighted by atomic mass is 10.0. The lowest BCUT2D eigenvalue weighted by molar-refractivity contribution is 0.603. The largest absolute Gasteiger partial charge is 0.314 e. The summed E-state index contributed by atoms with van der Waals surface area (Å²) in [6.45, 7) is 3.23. The fourth-order valence-corrected chi connectivity index (χ4v) is 2.33. The molecule has 2 rings (SSSR count). The molecule has 1 atom stereocenters. The van der Waals surface area contributed by atoms with Crippen LogP contribution in [0.15, 0.2) is 18.2 Å². The van der Waals surface area contributed by atoms with Gasteiger partial charge in [0.25, 0.3) is 0 Å². The molecule has 1 nitrogen and oxygen atoms in total. The highest BCUT2D eigenvalue weighted by atomic mass is 35.5. The van der Waals surface area contributed by atoms with E-state index in [4.69, 9.17) is 11.6 Å². The molecule has 0 saturated carbocycles. The maximum Gasteiger partial charge on any atom is 0.0441 e. The first-order valence-electron chi connectivity index (χ1n) is 5.24. The Balaban J connectivity index is 2.08. The van der Waals surface area contributed by atoms with Crippen LogP contribution in [0.3, 0.4) is 0 Å². The molecular weight excluding hydrogens is 194 g/mol. The summed E-state index contributed by atoms with van der Waals surface area (Å²) in [6, 6.07) is 6.97. The molecule has 1 heterocycles. The Bertz CT molecular complexity index is 316. The smallest absolute Gasteiger partial charge is 0.0441 e. The molecule has 0 radical (unpaired) electrons. The molecule has 1 unspecified atom stereocenters. The zero-order valence-corrected chi connectivity index (χ0v) is 9.27. The van der Waals surface area contributed by atoms with Crippen LogP contribution >= 0.6 is 11.6 Å². The number of hydrogen-bond acceptors (Lipinski definition) is 1. The lowest BCUT2D eigenvalue weighted by Gasteiger charge is -2.11. The SMILES string of the molecule is Cc1ccc(CC2CCCN2)c(Cl)c1. The summed E-state index contributed by atoms with van der Waals surface area (Å²) < 4.78 is 0. The van der Waals surface area contributed by atoms with E-state index in [1.807, 2.05) is 6.07 Å². The molecule has 0 aromatic heterocycles. The molecule has 76 valence electrons. The molecule has 1 fully saturated rings. The number of halogens is 1. The summed E-state index contributed by atoms with van der Waals surface area (Å²) in [6.07, 6.45) is 3.65. The highest BCUT2D eigenvalue weighted by molar-refractivity contribution is 6.31. The molecule has 1 aliphatic heterocycles. The van der Waals surface area contributed by atoms with E-state index in [1.54, 1.807) is 0 Å². The summed E-state index contributed by atoms with van der Waals surface area (Å²) >= 11 is 6.18. The number of hydrogen-bond donors (Lipinski definition) is 1. The first-order chi connectivity index (χ1) is 6.75. The van der Waals surface area contributed by atoms with Gasteiger partial charge in [-0.25, -0.2) is 0 Å². The van der Waals surface area contributed by atoms with Crippen molar-refractivity contribution in [2.75, 3.05) is 6.54 Å². The van der Waals surface area contributed by atoms with E-state index in [9.17, 15) is 0 Å². The average Bonchev–Trinajstić information content (AvgIpc) is 2.62. The fourth-order valence-electron chi connectivity index (χ4n) is 2.01. The molecule has 0 spiro atoms. The maximum absolute atomic E-state index is 6.18. The predicted molar refractivity (Wildman–Crippen MR) is 60.9 cm³/mol. The second-order valence-electron chi connectivity index (χ2n) is 4.09. The Kier molecular flexibility index (Phi) is 3.09. The van der Waals surface area contributed by atoms with Crippen LogP contribution in [0.5, 0.6) is 0 Å². The lowest BCUT2D eigenvalue weighted by Crippen LogP contribution is -2.23. The Morgan fingerprint density at radius 3 is 3.00 bits per heavy atom. The molecule has 1 aliphatic rings. The quantitative estimate of drug-likeness (QED) is 0.790. The van der Waals surface area contributed by atoms with Crippen molar-refractivity contribution < 1.29 is 0 Å². The molecule has 0 aliphatic carbocycles. The van der Waals surface area contributed by atoms with Gasteiger partial charge in [0.2, 0.25) is 0 Å². The van der Waals surface area contributed by atoms with Gasteiger partial charge in [-0.2, -0.15) is 0 Å². The van der Waals surface area contributed by atoms with E-state index in [0.29, 0.717) is 6.04 Å². The van der Waals surface area contributed by atoms with Crippen LogP contribution in [0.2, 0.25) is 5.02 Å². The minimum Gasteiger partial charge on any atom is -0.314 e. The molecule has 0 bridgehead atoms. The van der Waals surface area contributed by atoms with Gasteiger partial charge in [-0.3, -0.25) is 0 Å². The van der Waals surface area contributed by atoms with Crippen molar-refractivity contribution in [2.24, 2.45) is 0 Å². The van der Waals surface area contributed by atoms with Gasteiger partial charge in [0.05, 0.1) is 0 Å². The van der Waals surface area contributed by atoms with Crippen molar-refractivity contribution >= 4 is 11.6 Å². The summed E-state index contributed by atoms with van der Waals surface area (Å²) in [4.78, 5) is 0. The molecule has 2 heteroatoms. The molecular formula is C12H16ClN. The van der Waals surface area contributed by atoms with Gasteiger partial charge < -0.3 is 5.32 Å². The minimum absolute atomic E-state index is 0.634. The zero-order valence-electron chi connectivity index (χ0n) is 8.52. The van der Waals surface area contributed by atoms with Gasteiger partial charge in [0.15, 0.2) is 0 Å². The number of rotatable bonds is 2. The first-order valence-corrected chi connectivity index (χ1v) is 5.62. The van der Waals surface area contributed by atoms with Crippen LogP contribution in [0.25, 0.3) is 0 Å². The number of benzene rings is 1. The Labute approximate surface area is 90.5 Å². The van der Waals surface area contributed by atoms with Crippen LogP contribution < -0.4 is 5.32 Å². The van der Waals surface area contributed by atoms with Gasteiger partial charge in [0, 0.05) is 11.1 Å². The summed E-state index contributed by atoms with van der Waals surface area (Å²) in [5, 5.41) is 4.40.